The van der Waals surface area contributed by atoms with E-state index in [4.69, 9.17) is 4.74 Å². The maximum absolute atomic E-state index is 12.6. The molecule has 0 aliphatic carbocycles. The lowest BCUT2D eigenvalue weighted by atomic mass is 9.91. The van der Waals surface area contributed by atoms with E-state index in [2.05, 4.69) is 0 Å². The number of nitrogens with zero attached hydrogens (tertiary/aromatic N) is 1. The number of para-hydroxylation sites is 1. The van der Waals surface area contributed by atoms with Crippen LogP contribution in [-0.4, -0.2) is 41.2 Å². The molecule has 1 N–H and O–H groups in total. The van der Waals surface area contributed by atoms with Gasteiger partial charge in [-0.05, 0) is 43.5 Å². The van der Waals surface area contributed by atoms with Crippen LogP contribution in [0.25, 0.3) is 0 Å². The summed E-state index contributed by atoms with van der Waals surface area (Å²) in [6.45, 7) is 3.29. The summed E-state index contributed by atoms with van der Waals surface area (Å²) in [6.07, 6.45) is 1.05. The molecule has 0 saturated carbocycles. The van der Waals surface area contributed by atoms with E-state index in [1.54, 1.807) is 0 Å². The van der Waals surface area contributed by atoms with Gasteiger partial charge in [-0.25, -0.2) is 0 Å². The summed E-state index contributed by atoms with van der Waals surface area (Å²) in [7, 11) is 0. The zero-order valence-electron chi connectivity index (χ0n) is 13.9. The van der Waals surface area contributed by atoms with Gasteiger partial charge in [-0.15, -0.1) is 0 Å². The molecule has 2 aromatic rings. The van der Waals surface area contributed by atoms with E-state index < -0.39 is 5.60 Å². The first-order valence-electron chi connectivity index (χ1n) is 8.33. The molecular weight excluding hydrogens is 302 g/mol. The quantitative estimate of drug-likeness (QED) is 0.940. The number of amides is 1. The molecule has 0 radical (unpaired) electrons. The van der Waals surface area contributed by atoms with Gasteiger partial charge in [-0.3, -0.25) is 4.79 Å². The highest BCUT2D eigenvalue weighted by Gasteiger charge is 2.35. The van der Waals surface area contributed by atoms with Gasteiger partial charge in [0.2, 0.25) is 0 Å². The lowest BCUT2D eigenvalue weighted by Gasteiger charge is -2.38. The number of hydrogen-bond donors (Lipinski definition) is 1. The average molecular weight is 325 g/mol. The van der Waals surface area contributed by atoms with Crippen molar-refractivity contribution in [3.05, 3.63) is 65.7 Å². The zero-order valence-corrected chi connectivity index (χ0v) is 13.9. The Morgan fingerprint density at radius 1 is 1.08 bits per heavy atom. The Morgan fingerprint density at radius 3 is 2.38 bits per heavy atom. The number of benzene rings is 2. The van der Waals surface area contributed by atoms with E-state index in [-0.39, 0.29) is 12.5 Å². The number of aryl methyl sites for hydroxylation is 1. The highest BCUT2D eigenvalue weighted by atomic mass is 16.5. The molecule has 0 unspecified atom stereocenters. The molecule has 0 bridgehead atoms. The number of piperidine rings is 1. The maximum Gasteiger partial charge on any atom is 0.254 e. The third-order valence-corrected chi connectivity index (χ3v) is 4.61. The van der Waals surface area contributed by atoms with Crippen LogP contribution in [-0.2, 0) is 0 Å². The minimum atomic E-state index is -0.877. The Hall–Kier alpha value is -2.33. The van der Waals surface area contributed by atoms with Gasteiger partial charge in [0.1, 0.15) is 18.0 Å². The summed E-state index contributed by atoms with van der Waals surface area (Å²) < 4.78 is 5.69. The van der Waals surface area contributed by atoms with Crippen molar-refractivity contribution in [1.82, 2.24) is 4.90 Å². The fourth-order valence-corrected chi connectivity index (χ4v) is 2.99. The van der Waals surface area contributed by atoms with Gasteiger partial charge < -0.3 is 14.7 Å². The van der Waals surface area contributed by atoms with E-state index in [9.17, 15) is 9.90 Å². The van der Waals surface area contributed by atoms with Crippen molar-refractivity contribution in [2.24, 2.45) is 0 Å². The van der Waals surface area contributed by atoms with E-state index in [0.29, 0.717) is 25.9 Å². The van der Waals surface area contributed by atoms with Gasteiger partial charge in [0.25, 0.3) is 5.91 Å². The Kier molecular flexibility index (Phi) is 4.86. The number of ether oxygens (including phenoxy) is 1. The van der Waals surface area contributed by atoms with Crippen LogP contribution < -0.4 is 4.74 Å². The molecule has 1 saturated heterocycles. The van der Waals surface area contributed by atoms with Crippen molar-refractivity contribution >= 4 is 5.91 Å². The van der Waals surface area contributed by atoms with Crippen LogP contribution >= 0.6 is 0 Å². The molecule has 4 nitrogen and oxygen atoms in total. The van der Waals surface area contributed by atoms with Crippen LogP contribution in [0.3, 0.4) is 0 Å². The molecule has 1 aliphatic heterocycles. The average Bonchev–Trinajstić information content (AvgIpc) is 2.62. The second-order valence-electron chi connectivity index (χ2n) is 6.43. The number of carbonyl (C=O) groups is 1. The number of hydrogen-bond acceptors (Lipinski definition) is 3. The van der Waals surface area contributed by atoms with Gasteiger partial charge >= 0.3 is 0 Å². The van der Waals surface area contributed by atoms with Crippen molar-refractivity contribution < 1.29 is 14.6 Å². The molecule has 24 heavy (non-hydrogen) atoms. The van der Waals surface area contributed by atoms with Crippen LogP contribution in [0.2, 0.25) is 0 Å². The summed E-state index contributed by atoms with van der Waals surface area (Å²) >= 11 is 0. The van der Waals surface area contributed by atoms with Crippen LogP contribution in [0, 0.1) is 6.92 Å². The Balaban J connectivity index is 1.57. The molecule has 126 valence electrons. The lowest BCUT2D eigenvalue weighted by Crippen LogP contribution is -2.49. The molecule has 0 atom stereocenters. The van der Waals surface area contributed by atoms with Crippen molar-refractivity contribution in [2.45, 2.75) is 25.4 Å². The van der Waals surface area contributed by atoms with Crippen LogP contribution in [0.1, 0.15) is 28.8 Å². The summed E-state index contributed by atoms with van der Waals surface area (Å²) in [4.78, 5) is 14.4. The number of rotatable bonds is 4. The third kappa shape index (κ3) is 3.77. The monoisotopic (exact) mass is 325 g/mol. The second kappa shape index (κ2) is 7.05. The standard InChI is InChI=1S/C20H23NO3/c1-16-7-5-6-10-18(16)19(22)21-13-11-20(23,12-14-21)15-24-17-8-3-2-4-9-17/h2-10,23H,11-15H2,1H3. The van der Waals surface area contributed by atoms with Gasteiger partial charge in [0.05, 0.1) is 0 Å². The summed E-state index contributed by atoms with van der Waals surface area (Å²) in [5.41, 5.74) is 0.845. The topological polar surface area (TPSA) is 49.8 Å². The van der Waals surface area contributed by atoms with Crippen LogP contribution in [0.15, 0.2) is 54.6 Å². The number of aliphatic hydroxyl groups is 1. The largest absolute Gasteiger partial charge is 0.491 e. The minimum Gasteiger partial charge on any atom is -0.491 e. The minimum absolute atomic E-state index is 0.0409. The second-order valence-corrected chi connectivity index (χ2v) is 6.43. The molecular formula is C20H23NO3. The molecule has 1 aliphatic rings. The maximum atomic E-state index is 12.6. The van der Waals surface area contributed by atoms with Gasteiger partial charge in [-0.1, -0.05) is 36.4 Å². The van der Waals surface area contributed by atoms with Gasteiger partial charge in [0.15, 0.2) is 0 Å². The van der Waals surface area contributed by atoms with Crippen molar-refractivity contribution in [3.63, 3.8) is 0 Å². The van der Waals surface area contributed by atoms with Crippen molar-refractivity contribution in [3.8, 4) is 5.75 Å². The van der Waals surface area contributed by atoms with Crippen molar-refractivity contribution in [1.29, 1.82) is 0 Å². The molecule has 4 heteroatoms. The Labute approximate surface area is 142 Å². The summed E-state index contributed by atoms with van der Waals surface area (Å²) in [5, 5.41) is 10.7. The molecule has 2 aromatic carbocycles. The smallest absolute Gasteiger partial charge is 0.254 e. The fourth-order valence-electron chi connectivity index (χ4n) is 2.99. The zero-order chi connectivity index (χ0) is 17.0. The van der Waals surface area contributed by atoms with Gasteiger partial charge in [0, 0.05) is 18.7 Å². The molecule has 1 heterocycles. The van der Waals surface area contributed by atoms with Gasteiger partial charge in [-0.2, -0.15) is 0 Å². The number of carbonyl (C=O) groups excluding carboxylic acids is 1. The lowest BCUT2D eigenvalue weighted by molar-refractivity contribution is -0.0475. The fraction of sp³-hybridized carbons (Fsp3) is 0.350. The molecule has 3 rings (SSSR count). The van der Waals surface area contributed by atoms with Crippen molar-refractivity contribution in [2.75, 3.05) is 19.7 Å². The highest BCUT2D eigenvalue weighted by Crippen LogP contribution is 2.25. The van der Waals surface area contributed by atoms with E-state index in [1.165, 1.54) is 0 Å². The van der Waals surface area contributed by atoms with E-state index in [1.807, 2.05) is 66.4 Å². The summed E-state index contributed by atoms with van der Waals surface area (Å²) in [6, 6.07) is 17.1. The molecule has 1 fully saturated rings. The van der Waals surface area contributed by atoms with E-state index >= 15 is 0 Å². The predicted octanol–water partition coefficient (Wildman–Crippen LogP) is 3.04. The van der Waals surface area contributed by atoms with Crippen LogP contribution in [0.4, 0.5) is 0 Å². The Morgan fingerprint density at radius 2 is 1.71 bits per heavy atom. The SMILES string of the molecule is Cc1ccccc1C(=O)N1CCC(O)(COc2ccccc2)CC1. The first-order chi connectivity index (χ1) is 11.6. The predicted molar refractivity (Wildman–Crippen MR) is 93.2 cm³/mol. The highest BCUT2D eigenvalue weighted by molar-refractivity contribution is 5.95. The third-order valence-electron chi connectivity index (χ3n) is 4.61. The summed E-state index contributed by atoms with van der Waals surface area (Å²) in [5.74, 6) is 0.795. The van der Waals surface area contributed by atoms with E-state index in [0.717, 1.165) is 16.9 Å². The first kappa shape index (κ1) is 16.5. The van der Waals surface area contributed by atoms with Crippen LogP contribution in [0.5, 0.6) is 5.75 Å². The number of likely N-dealkylation sites (tertiary alicyclic amines) is 1. The normalized spacial score (nSPS) is 16.7. The Bertz CT molecular complexity index is 691. The molecule has 0 spiro atoms. The molecule has 1 amide bonds. The first-order valence-corrected chi connectivity index (χ1v) is 8.33. The molecule has 0 aromatic heterocycles.